The molecule has 0 radical (unpaired) electrons. The molecule has 1 N–H and O–H groups in total. The molecule has 9 nitrogen and oxygen atoms in total. The predicted octanol–water partition coefficient (Wildman–Crippen LogP) is 3.02. The smallest absolute Gasteiger partial charge is 0.277 e. The lowest BCUT2D eigenvalue weighted by Gasteiger charge is -2.26. The highest BCUT2D eigenvalue weighted by atomic mass is 32.2. The summed E-state index contributed by atoms with van der Waals surface area (Å²) >= 11 is 1.06. The Hall–Kier alpha value is -2.80. The zero-order valence-corrected chi connectivity index (χ0v) is 19.2. The largest absolute Gasteiger partial charge is 0.411 e. The fourth-order valence-corrected chi connectivity index (χ4v) is 5.22. The fourth-order valence-electron chi connectivity index (χ4n) is 3.08. The van der Waals surface area contributed by atoms with Crippen molar-refractivity contribution in [3.8, 4) is 11.5 Å². The summed E-state index contributed by atoms with van der Waals surface area (Å²) in [4.78, 5) is 12.5. The second-order valence-electron chi connectivity index (χ2n) is 7.17. The van der Waals surface area contributed by atoms with Gasteiger partial charge in [0.2, 0.25) is 21.8 Å². The number of hydrogen-bond acceptors (Lipinski definition) is 8. The normalized spacial score (nSPS) is 15.8. The zero-order chi connectivity index (χ0) is 23.4. The number of ether oxygens (including phenoxy) is 1. The monoisotopic (exact) mass is 492 g/mol. The average Bonchev–Trinajstić information content (AvgIpc) is 3.29. The van der Waals surface area contributed by atoms with Crippen LogP contribution in [0.25, 0.3) is 11.5 Å². The van der Waals surface area contributed by atoms with Gasteiger partial charge in [0, 0.05) is 24.3 Å². The summed E-state index contributed by atoms with van der Waals surface area (Å²) in [6, 6.07) is 11.7. The minimum absolute atomic E-state index is 0.126. The molecule has 2 aromatic carbocycles. The van der Waals surface area contributed by atoms with E-state index >= 15 is 0 Å². The van der Waals surface area contributed by atoms with Crippen molar-refractivity contribution in [1.29, 1.82) is 0 Å². The number of benzene rings is 2. The number of rotatable bonds is 7. The second-order valence-corrected chi connectivity index (χ2v) is 10.4. The van der Waals surface area contributed by atoms with Gasteiger partial charge in [0.15, 0.2) is 0 Å². The van der Waals surface area contributed by atoms with Gasteiger partial charge >= 0.3 is 0 Å². The number of anilines is 1. The Morgan fingerprint density at radius 1 is 1.15 bits per heavy atom. The minimum Gasteiger partial charge on any atom is -0.411 e. The molecule has 1 fully saturated rings. The molecule has 2 heterocycles. The average molecular weight is 493 g/mol. The number of amides is 1. The molecule has 3 aromatic rings. The topological polar surface area (TPSA) is 115 Å². The third-order valence-corrected chi connectivity index (χ3v) is 7.68. The number of morpholine rings is 1. The Morgan fingerprint density at radius 2 is 1.88 bits per heavy atom. The molecule has 12 heteroatoms. The van der Waals surface area contributed by atoms with Crippen molar-refractivity contribution >= 4 is 33.4 Å². The van der Waals surface area contributed by atoms with Crippen LogP contribution >= 0.6 is 11.8 Å². The van der Waals surface area contributed by atoms with E-state index in [1.807, 2.05) is 0 Å². The van der Waals surface area contributed by atoms with Crippen LogP contribution in [0.2, 0.25) is 0 Å². The lowest BCUT2D eigenvalue weighted by Crippen LogP contribution is -2.40. The number of nitrogens with one attached hydrogen (secondary N) is 1. The van der Waals surface area contributed by atoms with Gasteiger partial charge in [0.1, 0.15) is 5.82 Å². The highest BCUT2D eigenvalue weighted by Crippen LogP contribution is 2.28. The maximum Gasteiger partial charge on any atom is 0.277 e. The van der Waals surface area contributed by atoms with Crippen molar-refractivity contribution in [2.24, 2.45) is 0 Å². The number of halogens is 1. The van der Waals surface area contributed by atoms with E-state index in [0.717, 1.165) is 11.8 Å². The Labute approximate surface area is 194 Å². The molecule has 0 bridgehead atoms. The maximum absolute atomic E-state index is 13.0. The van der Waals surface area contributed by atoms with Crippen LogP contribution in [0.5, 0.6) is 0 Å². The molecule has 1 aliphatic rings. The highest BCUT2D eigenvalue weighted by Gasteiger charge is 2.27. The molecular formula is C21H21FN4O5S2. The zero-order valence-electron chi connectivity index (χ0n) is 17.6. The number of hydrogen-bond donors (Lipinski definition) is 1. The van der Waals surface area contributed by atoms with Gasteiger partial charge in [0.05, 0.1) is 23.4 Å². The Kier molecular flexibility index (Phi) is 7.08. The van der Waals surface area contributed by atoms with E-state index < -0.39 is 21.1 Å². The number of nitrogens with zero attached hydrogens (tertiary/aromatic N) is 3. The molecule has 0 spiro atoms. The first-order chi connectivity index (χ1) is 15.8. The van der Waals surface area contributed by atoms with Crippen molar-refractivity contribution in [1.82, 2.24) is 14.5 Å². The predicted molar refractivity (Wildman–Crippen MR) is 120 cm³/mol. The van der Waals surface area contributed by atoms with Crippen LogP contribution in [0, 0.1) is 5.82 Å². The maximum atomic E-state index is 13.0. The number of aromatic nitrogens is 2. The highest BCUT2D eigenvalue weighted by molar-refractivity contribution is 8.00. The molecule has 1 aliphatic heterocycles. The molecule has 0 unspecified atom stereocenters. The summed E-state index contributed by atoms with van der Waals surface area (Å²) in [5, 5.41) is 10.2. The van der Waals surface area contributed by atoms with E-state index in [9.17, 15) is 17.6 Å². The first-order valence-corrected chi connectivity index (χ1v) is 12.4. The molecule has 1 amide bonds. The third-order valence-electron chi connectivity index (χ3n) is 4.85. The third kappa shape index (κ3) is 5.58. The summed E-state index contributed by atoms with van der Waals surface area (Å²) in [6.07, 6.45) is 0. The number of thioether (sulfide) groups is 1. The Bertz CT molecular complexity index is 1230. The van der Waals surface area contributed by atoms with Crippen LogP contribution in [0.1, 0.15) is 6.92 Å². The van der Waals surface area contributed by atoms with E-state index in [1.165, 1.54) is 40.7 Å². The fraction of sp³-hybridized carbons (Fsp3) is 0.286. The molecule has 33 heavy (non-hydrogen) atoms. The van der Waals surface area contributed by atoms with E-state index in [2.05, 4.69) is 15.5 Å². The molecule has 0 saturated carbocycles. The van der Waals surface area contributed by atoms with Gasteiger partial charge in [-0.3, -0.25) is 4.79 Å². The van der Waals surface area contributed by atoms with E-state index in [1.54, 1.807) is 19.1 Å². The van der Waals surface area contributed by atoms with Crippen LogP contribution in [0.15, 0.2) is 63.1 Å². The van der Waals surface area contributed by atoms with Gasteiger partial charge in [-0.25, -0.2) is 12.8 Å². The summed E-state index contributed by atoms with van der Waals surface area (Å²) in [5.41, 5.74) is 0.922. The number of sulfonamides is 1. The van der Waals surface area contributed by atoms with Gasteiger partial charge in [0.25, 0.3) is 5.22 Å². The molecule has 4 rings (SSSR count). The van der Waals surface area contributed by atoms with Crippen LogP contribution in [0.3, 0.4) is 0 Å². The second kappa shape index (κ2) is 10.00. The first-order valence-electron chi connectivity index (χ1n) is 10.1. The van der Waals surface area contributed by atoms with E-state index in [0.29, 0.717) is 37.6 Å². The van der Waals surface area contributed by atoms with E-state index in [-0.39, 0.29) is 21.9 Å². The standard InChI is InChI=1S/C21H21FN4O5S2/c1-14(19(27)23-17-7-5-16(22)6-8-17)32-21-25-24-20(31-21)15-3-2-4-18(13-15)33(28,29)26-9-11-30-12-10-26/h2-8,13-14H,9-12H2,1H3,(H,23,27)/t14-/m0/s1. The van der Waals surface area contributed by atoms with Crippen molar-refractivity contribution in [2.45, 2.75) is 22.3 Å². The molecule has 1 atom stereocenters. The van der Waals surface area contributed by atoms with Crippen molar-refractivity contribution in [2.75, 3.05) is 31.6 Å². The minimum atomic E-state index is -3.67. The van der Waals surface area contributed by atoms with Crippen LogP contribution < -0.4 is 5.32 Å². The molecule has 0 aliphatic carbocycles. The molecule has 174 valence electrons. The van der Waals surface area contributed by atoms with Crippen LogP contribution in [0.4, 0.5) is 10.1 Å². The van der Waals surface area contributed by atoms with Crippen LogP contribution in [-0.2, 0) is 19.6 Å². The summed E-state index contributed by atoms with van der Waals surface area (Å²) in [5.74, 6) is -0.566. The SMILES string of the molecule is C[C@H](Sc1nnc(-c2cccc(S(=O)(=O)N3CCOCC3)c2)o1)C(=O)Nc1ccc(F)cc1. The van der Waals surface area contributed by atoms with Crippen molar-refractivity contribution < 1.29 is 26.8 Å². The van der Waals surface area contributed by atoms with Crippen molar-refractivity contribution in [3.05, 3.63) is 54.3 Å². The number of carbonyl (C=O) groups excluding carboxylic acids is 1. The summed E-state index contributed by atoms with van der Waals surface area (Å²) < 4.78 is 51.1. The Balaban J connectivity index is 1.44. The van der Waals surface area contributed by atoms with Crippen molar-refractivity contribution in [3.63, 3.8) is 0 Å². The van der Waals surface area contributed by atoms with E-state index in [4.69, 9.17) is 9.15 Å². The van der Waals surface area contributed by atoms with Gasteiger partial charge in [-0.1, -0.05) is 17.8 Å². The summed E-state index contributed by atoms with van der Waals surface area (Å²) in [6.45, 7) is 2.98. The molecular weight excluding hydrogens is 471 g/mol. The number of carbonyl (C=O) groups is 1. The molecule has 1 saturated heterocycles. The summed E-state index contributed by atoms with van der Waals surface area (Å²) in [7, 11) is -3.67. The first kappa shape index (κ1) is 23.4. The van der Waals surface area contributed by atoms with Gasteiger partial charge in [-0.05, 0) is 49.4 Å². The van der Waals surface area contributed by atoms with Gasteiger partial charge in [-0.2, -0.15) is 4.31 Å². The van der Waals surface area contributed by atoms with Gasteiger partial charge < -0.3 is 14.5 Å². The van der Waals surface area contributed by atoms with Crippen LogP contribution in [-0.4, -0.2) is 60.4 Å². The molecule has 1 aromatic heterocycles. The Morgan fingerprint density at radius 3 is 2.61 bits per heavy atom. The lowest BCUT2D eigenvalue weighted by atomic mass is 10.2. The lowest BCUT2D eigenvalue weighted by molar-refractivity contribution is -0.115. The van der Waals surface area contributed by atoms with Gasteiger partial charge in [-0.15, -0.1) is 10.2 Å². The quantitative estimate of drug-likeness (QED) is 0.501.